The summed E-state index contributed by atoms with van der Waals surface area (Å²) in [7, 11) is 0. The van der Waals surface area contributed by atoms with E-state index in [2.05, 4.69) is 0 Å². The lowest BCUT2D eigenvalue weighted by atomic mass is 9.95. The zero-order valence-corrected chi connectivity index (χ0v) is 8.60. The van der Waals surface area contributed by atoms with Crippen molar-refractivity contribution >= 4 is 11.6 Å². The first kappa shape index (κ1) is 10.4. The molecule has 0 radical (unpaired) electrons. The van der Waals surface area contributed by atoms with Crippen molar-refractivity contribution in [1.82, 2.24) is 0 Å². The molecule has 1 unspecified atom stereocenters. The second-order valence-electron chi connectivity index (χ2n) is 3.24. The zero-order chi connectivity index (χ0) is 10.0. The summed E-state index contributed by atoms with van der Waals surface area (Å²) in [6.45, 7) is 4.37. The molecule has 0 aliphatic heterocycles. The second kappa shape index (κ2) is 3.99. The summed E-state index contributed by atoms with van der Waals surface area (Å²) < 4.78 is 0. The highest BCUT2D eigenvalue weighted by molar-refractivity contribution is 6.31. The fourth-order valence-electron chi connectivity index (χ4n) is 1.43. The van der Waals surface area contributed by atoms with E-state index in [0.29, 0.717) is 11.6 Å². The molecular weight excluding hydrogens is 186 g/mol. The lowest BCUT2D eigenvalue weighted by molar-refractivity contribution is 0.462. The number of benzene rings is 1. The van der Waals surface area contributed by atoms with Crippen molar-refractivity contribution in [3.63, 3.8) is 0 Å². The van der Waals surface area contributed by atoms with Gasteiger partial charge in [0.25, 0.3) is 0 Å². The third-order valence-corrected chi connectivity index (χ3v) is 2.68. The van der Waals surface area contributed by atoms with Crippen LogP contribution in [-0.2, 0) is 0 Å². The van der Waals surface area contributed by atoms with Gasteiger partial charge in [-0.3, -0.25) is 0 Å². The third kappa shape index (κ3) is 1.95. The van der Waals surface area contributed by atoms with Crippen LogP contribution in [0, 0.1) is 6.92 Å². The Balaban J connectivity index is 3.25. The van der Waals surface area contributed by atoms with Crippen molar-refractivity contribution in [2.75, 3.05) is 6.54 Å². The van der Waals surface area contributed by atoms with Crippen LogP contribution in [-0.4, -0.2) is 11.7 Å². The molecule has 0 spiro atoms. The van der Waals surface area contributed by atoms with Crippen LogP contribution in [0.5, 0.6) is 5.75 Å². The maximum absolute atomic E-state index is 9.60. The molecule has 0 amide bonds. The fourth-order valence-corrected chi connectivity index (χ4v) is 1.59. The van der Waals surface area contributed by atoms with Gasteiger partial charge in [-0.05, 0) is 37.1 Å². The number of hydrogen-bond acceptors (Lipinski definition) is 2. The normalized spacial score (nSPS) is 12.9. The van der Waals surface area contributed by atoms with Crippen LogP contribution in [0.3, 0.4) is 0 Å². The van der Waals surface area contributed by atoms with Crippen LogP contribution in [0.1, 0.15) is 24.0 Å². The van der Waals surface area contributed by atoms with Gasteiger partial charge in [0.2, 0.25) is 0 Å². The summed E-state index contributed by atoms with van der Waals surface area (Å²) in [6.07, 6.45) is 0. The standard InChI is InChI=1S/C10H14ClNO/c1-6(5-12)10-7(2)8(11)3-4-9(10)13/h3-4,6,13H,5,12H2,1-2H3. The van der Waals surface area contributed by atoms with Gasteiger partial charge in [-0.15, -0.1) is 0 Å². The molecule has 0 fully saturated rings. The number of aromatic hydroxyl groups is 1. The van der Waals surface area contributed by atoms with Gasteiger partial charge in [0.15, 0.2) is 0 Å². The number of hydrogen-bond donors (Lipinski definition) is 2. The molecule has 1 aromatic rings. The van der Waals surface area contributed by atoms with Gasteiger partial charge >= 0.3 is 0 Å². The third-order valence-electron chi connectivity index (χ3n) is 2.27. The Morgan fingerprint density at radius 1 is 1.54 bits per heavy atom. The van der Waals surface area contributed by atoms with E-state index >= 15 is 0 Å². The summed E-state index contributed by atoms with van der Waals surface area (Å²) >= 11 is 5.93. The van der Waals surface area contributed by atoms with E-state index in [1.807, 2.05) is 13.8 Å². The van der Waals surface area contributed by atoms with Crippen molar-refractivity contribution in [1.29, 1.82) is 0 Å². The summed E-state index contributed by atoms with van der Waals surface area (Å²) in [5, 5.41) is 10.3. The van der Waals surface area contributed by atoms with E-state index in [4.69, 9.17) is 17.3 Å². The van der Waals surface area contributed by atoms with Gasteiger partial charge < -0.3 is 10.8 Å². The lowest BCUT2D eigenvalue weighted by Gasteiger charge is -2.15. The van der Waals surface area contributed by atoms with E-state index in [9.17, 15) is 5.11 Å². The first-order valence-corrected chi connectivity index (χ1v) is 4.63. The zero-order valence-electron chi connectivity index (χ0n) is 7.84. The Morgan fingerprint density at radius 2 is 2.15 bits per heavy atom. The summed E-state index contributed by atoms with van der Waals surface area (Å²) in [4.78, 5) is 0. The maximum atomic E-state index is 9.60. The topological polar surface area (TPSA) is 46.2 Å². The first-order valence-electron chi connectivity index (χ1n) is 4.26. The highest BCUT2D eigenvalue weighted by Crippen LogP contribution is 2.32. The smallest absolute Gasteiger partial charge is 0.119 e. The molecule has 0 aliphatic carbocycles. The van der Waals surface area contributed by atoms with E-state index in [0.717, 1.165) is 11.1 Å². The summed E-state index contributed by atoms with van der Waals surface area (Å²) in [6, 6.07) is 3.30. The monoisotopic (exact) mass is 199 g/mol. The minimum Gasteiger partial charge on any atom is -0.508 e. The Bertz CT molecular complexity index is 312. The molecule has 2 nitrogen and oxygen atoms in total. The van der Waals surface area contributed by atoms with E-state index in [-0.39, 0.29) is 11.7 Å². The van der Waals surface area contributed by atoms with Gasteiger partial charge in [0.1, 0.15) is 5.75 Å². The molecule has 0 saturated heterocycles. The predicted octanol–water partition coefficient (Wildman–Crippen LogP) is 2.42. The van der Waals surface area contributed by atoms with Crippen LogP contribution >= 0.6 is 11.6 Å². The molecule has 0 aromatic heterocycles. The highest BCUT2D eigenvalue weighted by atomic mass is 35.5. The van der Waals surface area contributed by atoms with Gasteiger partial charge in [-0.2, -0.15) is 0 Å². The van der Waals surface area contributed by atoms with Crippen molar-refractivity contribution in [2.45, 2.75) is 19.8 Å². The van der Waals surface area contributed by atoms with Crippen molar-refractivity contribution in [3.05, 3.63) is 28.3 Å². The number of halogens is 1. The van der Waals surface area contributed by atoms with Crippen LogP contribution < -0.4 is 5.73 Å². The molecule has 0 aliphatic rings. The average Bonchev–Trinajstić information content (AvgIpc) is 2.12. The Labute approximate surface area is 83.3 Å². The summed E-state index contributed by atoms with van der Waals surface area (Å²) in [5.74, 6) is 0.415. The van der Waals surface area contributed by atoms with E-state index in [1.54, 1.807) is 12.1 Å². The number of phenolic OH excluding ortho intramolecular Hbond substituents is 1. The molecule has 0 bridgehead atoms. The van der Waals surface area contributed by atoms with E-state index in [1.165, 1.54) is 0 Å². The lowest BCUT2D eigenvalue weighted by Crippen LogP contribution is -2.10. The second-order valence-corrected chi connectivity index (χ2v) is 3.65. The quantitative estimate of drug-likeness (QED) is 0.769. The molecule has 1 aromatic carbocycles. The Kier molecular flexibility index (Phi) is 3.17. The Morgan fingerprint density at radius 3 is 2.69 bits per heavy atom. The summed E-state index contributed by atoms with van der Waals surface area (Å²) in [5.41, 5.74) is 7.31. The van der Waals surface area contributed by atoms with Crippen molar-refractivity contribution in [3.8, 4) is 5.75 Å². The van der Waals surface area contributed by atoms with Gasteiger partial charge in [0.05, 0.1) is 0 Å². The van der Waals surface area contributed by atoms with Crippen molar-refractivity contribution < 1.29 is 5.11 Å². The van der Waals surface area contributed by atoms with Crippen LogP contribution in [0.25, 0.3) is 0 Å². The maximum Gasteiger partial charge on any atom is 0.119 e. The Hall–Kier alpha value is -0.730. The van der Waals surface area contributed by atoms with Gasteiger partial charge in [-0.1, -0.05) is 18.5 Å². The molecule has 3 N–H and O–H groups in total. The number of rotatable bonds is 2. The predicted molar refractivity (Wildman–Crippen MR) is 55.3 cm³/mol. The molecule has 13 heavy (non-hydrogen) atoms. The van der Waals surface area contributed by atoms with Gasteiger partial charge in [-0.25, -0.2) is 0 Å². The molecular formula is C10H14ClNO. The minimum atomic E-state index is 0.138. The molecule has 0 saturated carbocycles. The van der Waals surface area contributed by atoms with Gasteiger partial charge in [0, 0.05) is 10.6 Å². The first-order chi connectivity index (χ1) is 6.07. The van der Waals surface area contributed by atoms with Crippen LogP contribution in [0.2, 0.25) is 5.02 Å². The molecule has 3 heteroatoms. The fraction of sp³-hybridized carbons (Fsp3) is 0.400. The minimum absolute atomic E-state index is 0.138. The largest absolute Gasteiger partial charge is 0.508 e. The molecule has 1 rings (SSSR count). The van der Waals surface area contributed by atoms with Crippen LogP contribution in [0.4, 0.5) is 0 Å². The number of nitrogens with two attached hydrogens (primary N) is 1. The molecule has 72 valence electrons. The highest BCUT2D eigenvalue weighted by Gasteiger charge is 2.13. The van der Waals surface area contributed by atoms with Crippen LogP contribution in [0.15, 0.2) is 12.1 Å². The molecule has 0 heterocycles. The molecule has 1 atom stereocenters. The van der Waals surface area contributed by atoms with Crippen molar-refractivity contribution in [2.24, 2.45) is 5.73 Å². The van der Waals surface area contributed by atoms with E-state index < -0.39 is 0 Å². The average molecular weight is 200 g/mol. The SMILES string of the molecule is Cc1c(Cl)ccc(O)c1C(C)CN. The number of phenols is 1.